The van der Waals surface area contributed by atoms with Crippen molar-refractivity contribution in [2.24, 2.45) is 0 Å². The normalized spacial score (nSPS) is 17.6. The minimum absolute atomic E-state index is 0.165. The van der Waals surface area contributed by atoms with Gasteiger partial charge in [-0.2, -0.15) is 0 Å². The zero-order valence-electron chi connectivity index (χ0n) is 14.7. The summed E-state index contributed by atoms with van der Waals surface area (Å²) < 4.78 is 5.89. The molecular weight excluding hydrogens is 336 g/mol. The summed E-state index contributed by atoms with van der Waals surface area (Å²) >= 11 is 6.08. The number of morpholine rings is 1. The Labute approximate surface area is 153 Å². The van der Waals surface area contributed by atoms with Gasteiger partial charge in [0.25, 0.3) is 0 Å². The number of carbonyl (C=O) groups excluding carboxylic acids is 1. The van der Waals surface area contributed by atoms with Crippen molar-refractivity contribution in [1.82, 2.24) is 9.88 Å². The van der Waals surface area contributed by atoms with Gasteiger partial charge < -0.3 is 9.64 Å². The molecule has 1 atom stereocenters. The number of hydrogen-bond donors (Lipinski definition) is 0. The fraction of sp³-hybridized carbons (Fsp3) is 0.400. The van der Waals surface area contributed by atoms with E-state index >= 15 is 0 Å². The van der Waals surface area contributed by atoms with Crippen molar-refractivity contribution >= 4 is 17.5 Å². The molecule has 0 unspecified atom stereocenters. The third-order valence-electron chi connectivity index (χ3n) is 4.38. The molecular formula is C20H23ClN2O2. The standard InChI is InChI=1S/C20H23ClN2O2/c1-3-20(24)23-7-8-25-19(13-23)18-12-16(9-14(2)22-18)10-15-5-4-6-17(21)11-15/h4-6,9,11-12,19H,3,7-8,10,13H2,1-2H3/t19-/m0/s1. The Morgan fingerprint density at radius 2 is 2.16 bits per heavy atom. The van der Waals surface area contributed by atoms with Gasteiger partial charge in [0.05, 0.1) is 18.8 Å². The third-order valence-corrected chi connectivity index (χ3v) is 4.62. The number of aryl methyl sites for hydroxylation is 1. The molecule has 0 radical (unpaired) electrons. The molecule has 0 bridgehead atoms. The first kappa shape index (κ1) is 17.9. The number of halogens is 1. The number of ether oxygens (including phenoxy) is 1. The summed E-state index contributed by atoms with van der Waals surface area (Å²) in [6.45, 7) is 5.66. The fourth-order valence-electron chi connectivity index (χ4n) is 3.20. The quantitative estimate of drug-likeness (QED) is 0.831. The van der Waals surface area contributed by atoms with Crippen molar-refractivity contribution in [1.29, 1.82) is 0 Å². The predicted octanol–water partition coefficient (Wildman–Crippen LogP) is 3.94. The third kappa shape index (κ3) is 4.59. The van der Waals surface area contributed by atoms with Gasteiger partial charge in [-0.3, -0.25) is 9.78 Å². The van der Waals surface area contributed by atoms with Crippen LogP contribution < -0.4 is 0 Å². The summed E-state index contributed by atoms with van der Waals surface area (Å²) in [5, 5.41) is 0.743. The van der Waals surface area contributed by atoms with E-state index < -0.39 is 0 Å². The van der Waals surface area contributed by atoms with Gasteiger partial charge in [-0.15, -0.1) is 0 Å². The van der Waals surface area contributed by atoms with Gasteiger partial charge >= 0.3 is 0 Å². The van der Waals surface area contributed by atoms with Gasteiger partial charge in [-0.1, -0.05) is 30.7 Å². The van der Waals surface area contributed by atoms with Gasteiger partial charge in [0.1, 0.15) is 6.10 Å². The number of aromatic nitrogens is 1. The van der Waals surface area contributed by atoms with E-state index in [4.69, 9.17) is 16.3 Å². The lowest BCUT2D eigenvalue weighted by Crippen LogP contribution is -2.42. The summed E-state index contributed by atoms with van der Waals surface area (Å²) in [5.74, 6) is 0.167. The summed E-state index contributed by atoms with van der Waals surface area (Å²) in [6, 6.07) is 12.1. The van der Waals surface area contributed by atoms with E-state index in [1.54, 1.807) is 0 Å². The number of amides is 1. The Morgan fingerprint density at radius 1 is 1.32 bits per heavy atom. The molecule has 1 saturated heterocycles. The molecule has 1 aliphatic heterocycles. The molecule has 25 heavy (non-hydrogen) atoms. The average molecular weight is 359 g/mol. The molecule has 3 rings (SSSR count). The second kappa shape index (κ2) is 7.98. The number of nitrogens with zero attached hydrogens (tertiary/aromatic N) is 2. The van der Waals surface area contributed by atoms with E-state index in [-0.39, 0.29) is 12.0 Å². The maximum Gasteiger partial charge on any atom is 0.222 e. The molecule has 0 N–H and O–H groups in total. The van der Waals surface area contributed by atoms with Crippen LogP contribution in [-0.2, 0) is 16.0 Å². The first-order valence-electron chi connectivity index (χ1n) is 8.66. The molecule has 4 nitrogen and oxygen atoms in total. The minimum Gasteiger partial charge on any atom is -0.368 e. The van der Waals surface area contributed by atoms with Crippen molar-refractivity contribution in [2.75, 3.05) is 19.7 Å². The van der Waals surface area contributed by atoms with E-state index in [9.17, 15) is 4.79 Å². The van der Waals surface area contributed by atoms with Crippen LogP contribution in [0.15, 0.2) is 36.4 Å². The maximum absolute atomic E-state index is 12.0. The molecule has 1 amide bonds. The summed E-state index contributed by atoms with van der Waals surface area (Å²) in [6.07, 6.45) is 1.15. The molecule has 1 aliphatic rings. The van der Waals surface area contributed by atoms with Crippen molar-refractivity contribution in [3.8, 4) is 0 Å². The minimum atomic E-state index is -0.165. The molecule has 5 heteroatoms. The van der Waals surface area contributed by atoms with E-state index in [1.165, 1.54) is 5.56 Å². The van der Waals surface area contributed by atoms with E-state index in [0.29, 0.717) is 26.1 Å². The molecule has 0 saturated carbocycles. The second-order valence-electron chi connectivity index (χ2n) is 6.40. The number of hydrogen-bond acceptors (Lipinski definition) is 3. The Morgan fingerprint density at radius 3 is 2.92 bits per heavy atom. The van der Waals surface area contributed by atoms with Crippen LogP contribution in [0, 0.1) is 6.92 Å². The highest BCUT2D eigenvalue weighted by atomic mass is 35.5. The highest BCUT2D eigenvalue weighted by molar-refractivity contribution is 6.30. The number of benzene rings is 1. The number of pyridine rings is 1. The van der Waals surface area contributed by atoms with Crippen LogP contribution in [0.25, 0.3) is 0 Å². The predicted molar refractivity (Wildman–Crippen MR) is 98.8 cm³/mol. The van der Waals surface area contributed by atoms with Crippen LogP contribution >= 0.6 is 11.6 Å². The first-order chi connectivity index (χ1) is 12.0. The van der Waals surface area contributed by atoms with Gasteiger partial charge in [-0.05, 0) is 48.7 Å². The van der Waals surface area contributed by atoms with E-state index in [1.807, 2.05) is 36.9 Å². The van der Waals surface area contributed by atoms with E-state index in [2.05, 4.69) is 23.2 Å². The average Bonchev–Trinajstić information content (AvgIpc) is 2.60. The Bertz CT molecular complexity index is 763. The van der Waals surface area contributed by atoms with Crippen LogP contribution in [0.1, 0.15) is 42.0 Å². The lowest BCUT2D eigenvalue weighted by molar-refractivity contribution is -0.138. The topological polar surface area (TPSA) is 42.4 Å². The Hall–Kier alpha value is -1.91. The molecule has 2 aromatic rings. The molecule has 1 fully saturated rings. The Kier molecular flexibility index (Phi) is 5.71. The molecule has 2 heterocycles. The van der Waals surface area contributed by atoms with Crippen LogP contribution in [0.5, 0.6) is 0 Å². The van der Waals surface area contributed by atoms with Crippen LogP contribution in [-0.4, -0.2) is 35.5 Å². The van der Waals surface area contributed by atoms with Crippen molar-refractivity contribution in [2.45, 2.75) is 32.8 Å². The molecule has 1 aromatic heterocycles. The summed E-state index contributed by atoms with van der Waals surface area (Å²) in [7, 11) is 0. The monoisotopic (exact) mass is 358 g/mol. The molecule has 132 valence electrons. The van der Waals surface area contributed by atoms with Crippen molar-refractivity contribution in [3.63, 3.8) is 0 Å². The maximum atomic E-state index is 12.0. The lowest BCUT2D eigenvalue weighted by Gasteiger charge is -2.32. The fourth-order valence-corrected chi connectivity index (χ4v) is 3.41. The largest absolute Gasteiger partial charge is 0.368 e. The van der Waals surface area contributed by atoms with Gasteiger partial charge in [-0.25, -0.2) is 0 Å². The smallest absolute Gasteiger partial charge is 0.222 e. The van der Waals surface area contributed by atoms with Gasteiger partial charge in [0, 0.05) is 23.7 Å². The van der Waals surface area contributed by atoms with Crippen LogP contribution in [0.4, 0.5) is 0 Å². The number of carbonyl (C=O) groups is 1. The highest BCUT2D eigenvalue weighted by Gasteiger charge is 2.25. The zero-order chi connectivity index (χ0) is 17.8. The molecule has 0 aliphatic carbocycles. The zero-order valence-corrected chi connectivity index (χ0v) is 15.4. The van der Waals surface area contributed by atoms with Crippen molar-refractivity contribution < 1.29 is 9.53 Å². The number of rotatable bonds is 4. The van der Waals surface area contributed by atoms with Crippen LogP contribution in [0.2, 0.25) is 5.02 Å². The van der Waals surface area contributed by atoms with Crippen molar-refractivity contribution in [3.05, 3.63) is 63.9 Å². The van der Waals surface area contributed by atoms with Gasteiger partial charge in [0.15, 0.2) is 0 Å². The second-order valence-corrected chi connectivity index (χ2v) is 6.84. The van der Waals surface area contributed by atoms with Gasteiger partial charge in [0.2, 0.25) is 5.91 Å². The van der Waals surface area contributed by atoms with E-state index in [0.717, 1.165) is 28.4 Å². The molecule has 0 spiro atoms. The first-order valence-corrected chi connectivity index (χ1v) is 9.04. The summed E-state index contributed by atoms with van der Waals surface area (Å²) in [5.41, 5.74) is 4.19. The lowest BCUT2D eigenvalue weighted by atomic mass is 10.0. The SMILES string of the molecule is CCC(=O)N1CCO[C@H](c2cc(Cc3cccc(Cl)c3)cc(C)n2)C1. The molecule has 1 aromatic carbocycles. The summed E-state index contributed by atoms with van der Waals surface area (Å²) in [4.78, 5) is 18.5. The highest BCUT2D eigenvalue weighted by Crippen LogP contribution is 2.24. The Balaban J connectivity index is 1.80. The van der Waals surface area contributed by atoms with Crippen LogP contribution in [0.3, 0.4) is 0 Å².